The quantitative estimate of drug-likeness (QED) is 0.676. The fourth-order valence-electron chi connectivity index (χ4n) is 3.40. The van der Waals surface area contributed by atoms with Crippen molar-refractivity contribution in [2.24, 2.45) is 0 Å². The van der Waals surface area contributed by atoms with Crippen molar-refractivity contribution in [3.05, 3.63) is 70.7 Å². The molecule has 1 aromatic carbocycles. The van der Waals surface area contributed by atoms with E-state index in [1.54, 1.807) is 10.9 Å². The average molecular weight is 391 g/mol. The Kier molecular flexibility index (Phi) is 6.07. The molecule has 0 atom stereocenters. The Balaban J connectivity index is 1.68. The van der Waals surface area contributed by atoms with Crippen LogP contribution in [-0.2, 0) is 11.2 Å². The molecule has 0 spiro atoms. The monoisotopic (exact) mass is 391 g/mol. The van der Waals surface area contributed by atoms with Crippen LogP contribution >= 0.6 is 0 Å². The molecule has 2 N–H and O–H groups in total. The minimum absolute atomic E-state index is 0.122. The Morgan fingerprint density at radius 1 is 1.10 bits per heavy atom. The van der Waals surface area contributed by atoms with Crippen LogP contribution in [-0.4, -0.2) is 33.1 Å². The van der Waals surface area contributed by atoms with Gasteiger partial charge >= 0.3 is 0 Å². The summed E-state index contributed by atoms with van der Waals surface area (Å²) >= 11 is 0. The van der Waals surface area contributed by atoms with Crippen LogP contribution in [0.2, 0.25) is 0 Å². The van der Waals surface area contributed by atoms with Gasteiger partial charge in [0.1, 0.15) is 0 Å². The number of pyridine rings is 1. The molecule has 0 fully saturated rings. The van der Waals surface area contributed by atoms with Gasteiger partial charge in [0.15, 0.2) is 5.82 Å². The SMILES string of the molecule is CCc1c(C(=O)NCC(=O)Nc2c(C)cc(C)cc2C)cnn1-c1ccccn1. The zero-order chi connectivity index (χ0) is 21.0. The second-order valence-corrected chi connectivity index (χ2v) is 6.96. The number of benzene rings is 1. The van der Waals surface area contributed by atoms with Crippen LogP contribution in [0.25, 0.3) is 5.82 Å². The normalized spacial score (nSPS) is 10.6. The molecule has 2 heterocycles. The van der Waals surface area contributed by atoms with Gasteiger partial charge in [0.2, 0.25) is 5.91 Å². The Morgan fingerprint density at radius 2 is 1.83 bits per heavy atom. The van der Waals surface area contributed by atoms with Gasteiger partial charge < -0.3 is 10.6 Å². The van der Waals surface area contributed by atoms with E-state index >= 15 is 0 Å². The first kappa shape index (κ1) is 20.3. The molecule has 3 rings (SSSR count). The van der Waals surface area contributed by atoms with Crippen LogP contribution in [0.5, 0.6) is 0 Å². The lowest BCUT2D eigenvalue weighted by Crippen LogP contribution is -2.33. The molecule has 0 aliphatic rings. The number of amides is 2. The zero-order valence-electron chi connectivity index (χ0n) is 17.1. The van der Waals surface area contributed by atoms with Crippen molar-refractivity contribution < 1.29 is 9.59 Å². The van der Waals surface area contributed by atoms with Gasteiger partial charge in [-0.15, -0.1) is 0 Å². The molecule has 2 amide bonds. The fraction of sp³-hybridized carbons (Fsp3) is 0.273. The summed E-state index contributed by atoms with van der Waals surface area (Å²) in [5.41, 5.74) is 5.09. The lowest BCUT2D eigenvalue weighted by Gasteiger charge is -2.13. The number of hydrogen-bond donors (Lipinski definition) is 2. The summed E-state index contributed by atoms with van der Waals surface area (Å²) < 4.78 is 1.65. The number of aromatic nitrogens is 3. The van der Waals surface area contributed by atoms with E-state index < -0.39 is 0 Å². The van der Waals surface area contributed by atoms with E-state index in [0.717, 1.165) is 28.1 Å². The van der Waals surface area contributed by atoms with Crippen molar-refractivity contribution in [2.75, 3.05) is 11.9 Å². The standard InChI is InChI=1S/C22H25N5O2/c1-5-18-17(12-25-27(18)19-8-6-7-9-23-19)22(29)24-13-20(28)26-21-15(3)10-14(2)11-16(21)4/h6-12H,5,13H2,1-4H3,(H,24,29)(H,26,28). The first-order valence-electron chi connectivity index (χ1n) is 9.55. The molecule has 29 heavy (non-hydrogen) atoms. The summed E-state index contributed by atoms with van der Waals surface area (Å²) in [6, 6.07) is 9.54. The Labute approximate surface area is 170 Å². The number of anilines is 1. The number of nitrogens with one attached hydrogen (secondary N) is 2. The molecule has 7 heteroatoms. The summed E-state index contributed by atoms with van der Waals surface area (Å²) in [4.78, 5) is 29.3. The fourth-order valence-corrected chi connectivity index (χ4v) is 3.40. The van der Waals surface area contributed by atoms with Gasteiger partial charge in [0, 0.05) is 11.9 Å². The number of aryl methyl sites for hydroxylation is 3. The van der Waals surface area contributed by atoms with E-state index in [1.807, 2.05) is 58.0 Å². The van der Waals surface area contributed by atoms with Crippen molar-refractivity contribution in [1.29, 1.82) is 0 Å². The summed E-state index contributed by atoms with van der Waals surface area (Å²) in [5, 5.41) is 9.87. The molecule has 0 saturated carbocycles. The molecule has 150 valence electrons. The van der Waals surface area contributed by atoms with Crippen LogP contribution < -0.4 is 10.6 Å². The van der Waals surface area contributed by atoms with E-state index in [0.29, 0.717) is 17.8 Å². The lowest BCUT2D eigenvalue weighted by molar-refractivity contribution is -0.115. The van der Waals surface area contributed by atoms with Crippen LogP contribution in [0.1, 0.15) is 39.7 Å². The molecule has 0 unspecified atom stereocenters. The highest BCUT2D eigenvalue weighted by Gasteiger charge is 2.18. The Bertz CT molecular complexity index is 1020. The molecular formula is C22H25N5O2. The second kappa shape index (κ2) is 8.68. The molecule has 2 aromatic heterocycles. The van der Waals surface area contributed by atoms with Gasteiger partial charge in [0.05, 0.1) is 24.0 Å². The highest BCUT2D eigenvalue weighted by molar-refractivity contribution is 6.00. The van der Waals surface area contributed by atoms with Gasteiger partial charge in [0.25, 0.3) is 5.91 Å². The molecule has 7 nitrogen and oxygen atoms in total. The molecule has 0 saturated heterocycles. The average Bonchev–Trinajstić information content (AvgIpc) is 3.13. The first-order valence-corrected chi connectivity index (χ1v) is 9.55. The van der Waals surface area contributed by atoms with E-state index in [2.05, 4.69) is 20.7 Å². The Hall–Kier alpha value is -3.48. The molecule has 0 bridgehead atoms. The number of rotatable bonds is 6. The van der Waals surface area contributed by atoms with Crippen molar-refractivity contribution in [2.45, 2.75) is 34.1 Å². The third kappa shape index (κ3) is 4.51. The maximum Gasteiger partial charge on any atom is 0.255 e. The maximum atomic E-state index is 12.6. The maximum absolute atomic E-state index is 12.6. The van der Waals surface area contributed by atoms with Crippen molar-refractivity contribution in [1.82, 2.24) is 20.1 Å². The summed E-state index contributed by atoms with van der Waals surface area (Å²) in [5.74, 6) is 0.0339. The first-order chi connectivity index (χ1) is 13.9. The number of carbonyl (C=O) groups excluding carboxylic acids is 2. The number of nitrogens with zero attached hydrogens (tertiary/aromatic N) is 3. The van der Waals surface area contributed by atoms with Crippen LogP contribution in [0.3, 0.4) is 0 Å². The van der Waals surface area contributed by atoms with Crippen molar-refractivity contribution >= 4 is 17.5 Å². The largest absolute Gasteiger partial charge is 0.343 e. The molecule has 0 radical (unpaired) electrons. The highest BCUT2D eigenvalue weighted by atomic mass is 16.2. The molecule has 3 aromatic rings. The van der Waals surface area contributed by atoms with Crippen LogP contribution in [0, 0.1) is 20.8 Å². The van der Waals surface area contributed by atoms with Gasteiger partial charge in [-0.2, -0.15) is 5.10 Å². The van der Waals surface area contributed by atoms with E-state index in [9.17, 15) is 9.59 Å². The lowest BCUT2D eigenvalue weighted by atomic mass is 10.1. The number of hydrogen-bond acceptors (Lipinski definition) is 4. The van der Waals surface area contributed by atoms with Crippen LogP contribution in [0.15, 0.2) is 42.7 Å². The molecule has 0 aliphatic heterocycles. The topological polar surface area (TPSA) is 88.9 Å². The van der Waals surface area contributed by atoms with E-state index in [-0.39, 0.29) is 18.4 Å². The van der Waals surface area contributed by atoms with Gasteiger partial charge in [-0.3, -0.25) is 9.59 Å². The number of carbonyl (C=O) groups is 2. The Morgan fingerprint density at radius 3 is 2.45 bits per heavy atom. The zero-order valence-corrected chi connectivity index (χ0v) is 17.1. The van der Waals surface area contributed by atoms with E-state index in [1.165, 1.54) is 6.20 Å². The predicted molar refractivity (Wildman–Crippen MR) is 112 cm³/mol. The van der Waals surface area contributed by atoms with Gasteiger partial charge in [-0.1, -0.05) is 30.7 Å². The molecule has 0 aliphatic carbocycles. The minimum atomic E-state index is -0.337. The van der Waals surface area contributed by atoms with Gasteiger partial charge in [-0.25, -0.2) is 9.67 Å². The third-order valence-electron chi connectivity index (χ3n) is 4.67. The predicted octanol–water partition coefficient (Wildman–Crippen LogP) is 3.12. The summed E-state index contributed by atoms with van der Waals surface area (Å²) in [6.07, 6.45) is 3.79. The third-order valence-corrected chi connectivity index (χ3v) is 4.67. The molecular weight excluding hydrogens is 366 g/mol. The second-order valence-electron chi connectivity index (χ2n) is 6.96. The summed E-state index contributed by atoms with van der Waals surface area (Å²) in [6.45, 7) is 7.75. The van der Waals surface area contributed by atoms with Crippen LogP contribution in [0.4, 0.5) is 5.69 Å². The van der Waals surface area contributed by atoms with E-state index in [4.69, 9.17) is 0 Å². The van der Waals surface area contributed by atoms with Gasteiger partial charge in [-0.05, 0) is 50.5 Å². The smallest absolute Gasteiger partial charge is 0.255 e. The van der Waals surface area contributed by atoms with Crippen molar-refractivity contribution in [3.63, 3.8) is 0 Å². The summed E-state index contributed by atoms with van der Waals surface area (Å²) in [7, 11) is 0. The minimum Gasteiger partial charge on any atom is -0.343 e. The highest BCUT2D eigenvalue weighted by Crippen LogP contribution is 2.21. The van der Waals surface area contributed by atoms with Crippen molar-refractivity contribution in [3.8, 4) is 5.82 Å².